The van der Waals surface area contributed by atoms with Crippen LogP contribution in [0.4, 0.5) is 0 Å². The van der Waals surface area contributed by atoms with E-state index in [0.717, 1.165) is 25.9 Å². The van der Waals surface area contributed by atoms with E-state index in [1.165, 1.54) is 32.1 Å². The third kappa shape index (κ3) is 18.2. The van der Waals surface area contributed by atoms with Crippen molar-refractivity contribution in [3.63, 3.8) is 0 Å². The van der Waals surface area contributed by atoms with Gasteiger partial charge in [-0.25, -0.2) is 0 Å². The summed E-state index contributed by atoms with van der Waals surface area (Å²) in [5.74, 6) is 0.147. The van der Waals surface area contributed by atoms with E-state index in [1.807, 2.05) is 20.8 Å². The minimum absolute atomic E-state index is 0.0272. The first-order valence-corrected chi connectivity index (χ1v) is 10.9. The van der Waals surface area contributed by atoms with E-state index in [4.69, 9.17) is 4.74 Å². The predicted molar refractivity (Wildman–Crippen MR) is 114 cm³/mol. The van der Waals surface area contributed by atoms with E-state index in [2.05, 4.69) is 32.6 Å². The number of ketones is 1. The lowest BCUT2D eigenvalue weighted by molar-refractivity contribution is -0.154. The standard InChI is InChI=1S/C23H45NO3/c1-8-9-10-11-12-13-16-24(19-20(25)18-22(2,3)4)17-14-15-21(26)27-23(5,6)7/h8-19H2,1-7H3. The van der Waals surface area contributed by atoms with Gasteiger partial charge in [0.1, 0.15) is 11.4 Å². The number of ether oxygens (including phenoxy) is 1. The van der Waals surface area contributed by atoms with E-state index in [1.54, 1.807) is 0 Å². The Bertz CT molecular complexity index is 418. The first kappa shape index (κ1) is 26.1. The fourth-order valence-corrected chi connectivity index (χ4v) is 3.12. The number of hydrogen-bond donors (Lipinski definition) is 0. The molecule has 4 heteroatoms. The van der Waals surface area contributed by atoms with Crippen LogP contribution in [0.5, 0.6) is 0 Å². The second-order valence-electron chi connectivity index (χ2n) is 10.0. The third-order valence-corrected chi connectivity index (χ3v) is 4.23. The summed E-state index contributed by atoms with van der Waals surface area (Å²) >= 11 is 0. The molecule has 0 amide bonds. The molecule has 0 bridgehead atoms. The van der Waals surface area contributed by atoms with Gasteiger partial charge >= 0.3 is 5.97 Å². The minimum atomic E-state index is -0.433. The van der Waals surface area contributed by atoms with Crippen molar-refractivity contribution in [3.8, 4) is 0 Å². The molecule has 0 spiro atoms. The predicted octanol–water partition coefficient (Wildman–Crippen LogP) is 5.78. The molecule has 0 N–H and O–H groups in total. The van der Waals surface area contributed by atoms with Crippen LogP contribution in [0.25, 0.3) is 0 Å². The van der Waals surface area contributed by atoms with Crippen LogP contribution in [-0.4, -0.2) is 41.9 Å². The highest BCUT2D eigenvalue weighted by Crippen LogP contribution is 2.19. The first-order valence-electron chi connectivity index (χ1n) is 10.9. The van der Waals surface area contributed by atoms with Gasteiger partial charge in [-0.2, -0.15) is 0 Å². The minimum Gasteiger partial charge on any atom is -0.460 e. The molecule has 0 atom stereocenters. The molecule has 160 valence electrons. The Labute approximate surface area is 168 Å². The smallest absolute Gasteiger partial charge is 0.306 e. The second kappa shape index (κ2) is 13.3. The Morgan fingerprint density at radius 1 is 0.815 bits per heavy atom. The molecule has 0 aromatic heterocycles. The summed E-state index contributed by atoms with van der Waals surface area (Å²) in [7, 11) is 0. The van der Waals surface area contributed by atoms with Crippen molar-refractivity contribution >= 4 is 11.8 Å². The molecule has 0 aliphatic rings. The lowest BCUT2D eigenvalue weighted by Gasteiger charge is -2.24. The molecule has 0 aromatic carbocycles. The van der Waals surface area contributed by atoms with E-state index in [0.29, 0.717) is 25.2 Å². The van der Waals surface area contributed by atoms with Crippen molar-refractivity contribution in [2.24, 2.45) is 5.41 Å². The molecule has 4 nitrogen and oxygen atoms in total. The van der Waals surface area contributed by atoms with Gasteiger partial charge in [0.05, 0.1) is 6.54 Å². The maximum atomic E-state index is 12.4. The molecule has 0 heterocycles. The van der Waals surface area contributed by atoms with Crippen molar-refractivity contribution in [1.82, 2.24) is 4.90 Å². The van der Waals surface area contributed by atoms with Gasteiger partial charge in [-0.3, -0.25) is 14.5 Å². The number of carbonyl (C=O) groups is 2. The average molecular weight is 384 g/mol. The van der Waals surface area contributed by atoms with Gasteiger partial charge in [0.15, 0.2) is 0 Å². The SMILES string of the molecule is CCCCCCCCN(CCCC(=O)OC(C)(C)C)CC(=O)CC(C)(C)C. The van der Waals surface area contributed by atoms with Gasteiger partial charge < -0.3 is 4.74 Å². The van der Waals surface area contributed by atoms with Crippen molar-refractivity contribution in [3.05, 3.63) is 0 Å². The quantitative estimate of drug-likeness (QED) is 0.282. The zero-order valence-electron chi connectivity index (χ0n) is 19.2. The normalized spacial score (nSPS) is 12.4. The molecule has 0 rings (SSSR count). The zero-order chi connectivity index (χ0) is 20.9. The molecule has 0 aliphatic heterocycles. The number of unbranched alkanes of at least 4 members (excludes halogenated alkanes) is 5. The van der Waals surface area contributed by atoms with Gasteiger partial charge in [0.2, 0.25) is 0 Å². The summed E-state index contributed by atoms with van der Waals surface area (Å²) in [4.78, 5) is 26.5. The van der Waals surface area contributed by atoms with Gasteiger partial charge in [0.25, 0.3) is 0 Å². The summed E-state index contributed by atoms with van der Waals surface area (Å²) in [5.41, 5.74) is -0.405. The van der Waals surface area contributed by atoms with Crippen LogP contribution in [-0.2, 0) is 14.3 Å². The maximum absolute atomic E-state index is 12.4. The summed E-state index contributed by atoms with van der Waals surface area (Å²) in [6.07, 6.45) is 9.25. The number of hydrogen-bond acceptors (Lipinski definition) is 4. The van der Waals surface area contributed by atoms with Crippen LogP contribution in [0.3, 0.4) is 0 Å². The van der Waals surface area contributed by atoms with Gasteiger partial charge in [-0.15, -0.1) is 0 Å². The molecular formula is C23H45NO3. The largest absolute Gasteiger partial charge is 0.460 e. The first-order chi connectivity index (χ1) is 12.4. The molecule has 0 saturated heterocycles. The van der Waals surface area contributed by atoms with Gasteiger partial charge in [-0.05, 0) is 52.1 Å². The van der Waals surface area contributed by atoms with Gasteiger partial charge in [-0.1, -0.05) is 59.8 Å². The fourth-order valence-electron chi connectivity index (χ4n) is 3.12. The maximum Gasteiger partial charge on any atom is 0.306 e. The van der Waals surface area contributed by atoms with E-state index in [9.17, 15) is 9.59 Å². The highest BCUT2D eigenvalue weighted by atomic mass is 16.6. The lowest BCUT2D eigenvalue weighted by Crippen LogP contribution is -2.34. The van der Waals surface area contributed by atoms with E-state index >= 15 is 0 Å². The topological polar surface area (TPSA) is 46.6 Å². The number of esters is 1. The number of carbonyl (C=O) groups excluding carboxylic acids is 2. The van der Waals surface area contributed by atoms with Crippen LogP contribution in [0, 0.1) is 5.41 Å². The highest BCUT2D eigenvalue weighted by Gasteiger charge is 2.19. The second-order valence-corrected chi connectivity index (χ2v) is 10.0. The highest BCUT2D eigenvalue weighted by molar-refractivity contribution is 5.81. The molecule has 0 unspecified atom stereocenters. The zero-order valence-corrected chi connectivity index (χ0v) is 19.2. The van der Waals surface area contributed by atoms with Gasteiger partial charge in [0, 0.05) is 12.8 Å². The Kier molecular flexibility index (Phi) is 12.9. The summed E-state index contributed by atoms with van der Waals surface area (Å²) in [6, 6.07) is 0. The van der Waals surface area contributed by atoms with Crippen LogP contribution in [0.1, 0.15) is 106 Å². The monoisotopic (exact) mass is 383 g/mol. The Balaban J connectivity index is 4.37. The van der Waals surface area contributed by atoms with Crippen molar-refractivity contribution in [2.45, 2.75) is 112 Å². The summed E-state index contributed by atoms with van der Waals surface area (Å²) < 4.78 is 5.38. The molecular weight excluding hydrogens is 338 g/mol. The van der Waals surface area contributed by atoms with Crippen molar-refractivity contribution in [2.75, 3.05) is 19.6 Å². The molecule has 0 saturated carbocycles. The summed E-state index contributed by atoms with van der Waals surface area (Å²) in [5, 5.41) is 0. The molecule has 0 fully saturated rings. The van der Waals surface area contributed by atoms with Crippen molar-refractivity contribution < 1.29 is 14.3 Å². The van der Waals surface area contributed by atoms with Crippen LogP contribution in [0.2, 0.25) is 0 Å². The summed E-state index contributed by atoms with van der Waals surface area (Å²) in [6.45, 7) is 16.4. The number of Topliss-reactive ketones (excluding diaryl/α,β-unsaturated/α-hetero) is 1. The molecule has 0 aliphatic carbocycles. The third-order valence-electron chi connectivity index (χ3n) is 4.23. The average Bonchev–Trinajstić information content (AvgIpc) is 2.46. The molecule has 0 aromatic rings. The van der Waals surface area contributed by atoms with Crippen LogP contribution in [0.15, 0.2) is 0 Å². The molecule has 27 heavy (non-hydrogen) atoms. The Morgan fingerprint density at radius 2 is 1.37 bits per heavy atom. The van der Waals surface area contributed by atoms with E-state index < -0.39 is 5.60 Å². The number of rotatable bonds is 14. The van der Waals surface area contributed by atoms with Crippen LogP contribution >= 0.6 is 0 Å². The van der Waals surface area contributed by atoms with Crippen molar-refractivity contribution in [1.29, 1.82) is 0 Å². The Hall–Kier alpha value is -0.900. The van der Waals surface area contributed by atoms with Crippen LogP contribution < -0.4 is 0 Å². The lowest BCUT2D eigenvalue weighted by atomic mass is 9.90. The Morgan fingerprint density at radius 3 is 1.93 bits per heavy atom. The fraction of sp³-hybridized carbons (Fsp3) is 0.913. The number of nitrogens with zero attached hydrogens (tertiary/aromatic N) is 1. The van der Waals surface area contributed by atoms with E-state index in [-0.39, 0.29) is 11.4 Å². The molecule has 0 radical (unpaired) electrons.